The zero-order valence-corrected chi connectivity index (χ0v) is 12.3. The lowest BCUT2D eigenvalue weighted by Crippen LogP contribution is -2.39. The molecule has 0 aromatic rings. The Morgan fingerprint density at radius 2 is 2.05 bits per heavy atom. The van der Waals surface area contributed by atoms with Crippen molar-refractivity contribution < 1.29 is 24.1 Å². The van der Waals surface area contributed by atoms with Gasteiger partial charge >= 0.3 is 5.97 Å². The Balaban J connectivity index is 2.53. The fraction of sp³-hybridized carbons (Fsp3) is 0.929. The van der Waals surface area contributed by atoms with E-state index in [2.05, 4.69) is 6.92 Å². The van der Waals surface area contributed by atoms with Gasteiger partial charge in [0.1, 0.15) is 6.10 Å². The van der Waals surface area contributed by atoms with Crippen LogP contribution in [0.3, 0.4) is 0 Å². The first-order valence-electron chi connectivity index (χ1n) is 7.06. The van der Waals surface area contributed by atoms with Crippen LogP contribution >= 0.6 is 0 Å². The van der Waals surface area contributed by atoms with Crippen molar-refractivity contribution >= 4 is 5.97 Å². The maximum atomic E-state index is 11.1. The summed E-state index contributed by atoms with van der Waals surface area (Å²) in [6.07, 6.45) is 1.97. The minimum atomic E-state index is -0.497. The normalized spacial score (nSPS) is 30.7. The highest BCUT2D eigenvalue weighted by Crippen LogP contribution is 2.25. The zero-order valence-electron chi connectivity index (χ0n) is 12.3. The Morgan fingerprint density at radius 1 is 1.42 bits per heavy atom. The molecule has 0 amide bonds. The predicted octanol–water partition coefficient (Wildman–Crippen LogP) is 2.01. The molecule has 0 radical (unpaired) electrons. The molecule has 1 N–H and O–H groups in total. The van der Waals surface area contributed by atoms with Crippen LogP contribution in [0.5, 0.6) is 0 Å². The van der Waals surface area contributed by atoms with Crippen molar-refractivity contribution in [3.63, 3.8) is 0 Å². The Bertz CT molecular complexity index is 279. The van der Waals surface area contributed by atoms with Gasteiger partial charge in [-0.05, 0) is 20.3 Å². The lowest BCUT2D eigenvalue weighted by molar-refractivity contribution is -0.239. The topological polar surface area (TPSA) is 65.0 Å². The molecule has 0 aromatic heterocycles. The van der Waals surface area contributed by atoms with Gasteiger partial charge < -0.3 is 19.3 Å². The summed E-state index contributed by atoms with van der Waals surface area (Å²) in [7, 11) is 0. The van der Waals surface area contributed by atoms with E-state index in [-0.39, 0.29) is 30.6 Å². The molecule has 1 fully saturated rings. The summed E-state index contributed by atoms with van der Waals surface area (Å²) in [6.45, 7) is 7.04. The molecule has 1 rings (SSSR count). The summed E-state index contributed by atoms with van der Waals surface area (Å²) in [4.78, 5) is 11.1. The second kappa shape index (κ2) is 7.82. The van der Waals surface area contributed by atoms with E-state index in [1.54, 1.807) is 6.92 Å². The maximum absolute atomic E-state index is 11.1. The molecule has 5 heteroatoms. The Hall–Kier alpha value is -0.650. The molecule has 0 saturated carbocycles. The average molecular weight is 274 g/mol. The van der Waals surface area contributed by atoms with E-state index in [4.69, 9.17) is 14.2 Å². The first kappa shape index (κ1) is 16.4. The van der Waals surface area contributed by atoms with E-state index >= 15 is 0 Å². The summed E-state index contributed by atoms with van der Waals surface area (Å²) in [5, 5.41) is 9.46. The van der Waals surface area contributed by atoms with Gasteiger partial charge in [-0.2, -0.15) is 0 Å². The number of aliphatic hydroxyl groups is 1. The molecule has 0 bridgehead atoms. The van der Waals surface area contributed by atoms with Crippen molar-refractivity contribution in [2.45, 2.75) is 84.1 Å². The molecule has 0 spiro atoms. The lowest BCUT2D eigenvalue weighted by atomic mass is 9.99. The number of aliphatic hydroxyl groups excluding tert-OH is 1. The summed E-state index contributed by atoms with van der Waals surface area (Å²) < 4.78 is 16.6. The molecule has 0 aliphatic carbocycles. The monoisotopic (exact) mass is 274 g/mol. The van der Waals surface area contributed by atoms with E-state index < -0.39 is 6.10 Å². The third kappa shape index (κ3) is 6.36. The largest absolute Gasteiger partial charge is 0.462 e. The number of rotatable bonds is 6. The van der Waals surface area contributed by atoms with Crippen molar-refractivity contribution in [1.29, 1.82) is 0 Å². The molecule has 5 unspecified atom stereocenters. The highest BCUT2D eigenvalue weighted by molar-refractivity contribution is 5.66. The second-order valence-electron chi connectivity index (χ2n) is 5.28. The molecule has 112 valence electrons. The van der Waals surface area contributed by atoms with E-state index in [9.17, 15) is 9.90 Å². The fourth-order valence-electron chi connectivity index (χ4n) is 2.49. The van der Waals surface area contributed by atoms with Crippen LogP contribution in [0, 0.1) is 0 Å². The molecular formula is C14H26O5. The van der Waals surface area contributed by atoms with Crippen LogP contribution in [0.4, 0.5) is 0 Å². The SMILES string of the molecule is CCC1CC(CC(CC(C)O)OC(C)=O)OC(C)O1. The summed E-state index contributed by atoms with van der Waals surface area (Å²) in [5.41, 5.74) is 0. The van der Waals surface area contributed by atoms with E-state index in [0.717, 1.165) is 12.8 Å². The smallest absolute Gasteiger partial charge is 0.302 e. The number of hydrogen-bond donors (Lipinski definition) is 1. The van der Waals surface area contributed by atoms with Crippen LogP contribution in [-0.2, 0) is 19.0 Å². The van der Waals surface area contributed by atoms with Crippen LogP contribution in [-0.4, -0.2) is 41.8 Å². The highest BCUT2D eigenvalue weighted by Gasteiger charge is 2.30. The number of esters is 1. The number of ether oxygens (including phenoxy) is 3. The van der Waals surface area contributed by atoms with Gasteiger partial charge in [0.15, 0.2) is 6.29 Å². The van der Waals surface area contributed by atoms with Crippen LogP contribution < -0.4 is 0 Å². The minimum Gasteiger partial charge on any atom is -0.462 e. The van der Waals surface area contributed by atoms with Crippen molar-refractivity contribution in [2.24, 2.45) is 0 Å². The molecular weight excluding hydrogens is 248 g/mol. The van der Waals surface area contributed by atoms with Crippen LogP contribution in [0.1, 0.15) is 53.4 Å². The zero-order chi connectivity index (χ0) is 14.4. The van der Waals surface area contributed by atoms with Crippen LogP contribution in [0.25, 0.3) is 0 Å². The Kier molecular flexibility index (Phi) is 6.75. The van der Waals surface area contributed by atoms with Gasteiger partial charge in [-0.15, -0.1) is 0 Å². The second-order valence-corrected chi connectivity index (χ2v) is 5.28. The van der Waals surface area contributed by atoms with Crippen molar-refractivity contribution in [3.05, 3.63) is 0 Å². The fourth-order valence-corrected chi connectivity index (χ4v) is 2.49. The highest BCUT2D eigenvalue weighted by atomic mass is 16.7. The van der Waals surface area contributed by atoms with Gasteiger partial charge in [-0.1, -0.05) is 6.92 Å². The van der Waals surface area contributed by atoms with Gasteiger partial charge in [-0.25, -0.2) is 0 Å². The van der Waals surface area contributed by atoms with Gasteiger partial charge in [0.25, 0.3) is 0 Å². The Morgan fingerprint density at radius 3 is 2.58 bits per heavy atom. The van der Waals surface area contributed by atoms with Crippen molar-refractivity contribution in [1.82, 2.24) is 0 Å². The minimum absolute atomic E-state index is 0.0109. The summed E-state index contributed by atoms with van der Waals surface area (Å²) in [6, 6.07) is 0. The van der Waals surface area contributed by atoms with Gasteiger partial charge in [0.05, 0.1) is 18.3 Å². The predicted molar refractivity (Wildman–Crippen MR) is 70.6 cm³/mol. The molecule has 19 heavy (non-hydrogen) atoms. The molecule has 1 heterocycles. The molecule has 5 nitrogen and oxygen atoms in total. The third-order valence-corrected chi connectivity index (χ3v) is 3.21. The van der Waals surface area contributed by atoms with Gasteiger partial charge in [0.2, 0.25) is 0 Å². The van der Waals surface area contributed by atoms with Crippen molar-refractivity contribution in [2.75, 3.05) is 0 Å². The first-order chi connectivity index (χ1) is 8.90. The van der Waals surface area contributed by atoms with Gasteiger partial charge in [-0.3, -0.25) is 4.79 Å². The molecule has 0 aromatic carbocycles. The summed E-state index contributed by atoms with van der Waals surface area (Å²) >= 11 is 0. The van der Waals surface area contributed by atoms with E-state index in [1.807, 2.05) is 6.92 Å². The van der Waals surface area contributed by atoms with E-state index in [0.29, 0.717) is 12.8 Å². The third-order valence-electron chi connectivity index (χ3n) is 3.21. The number of carbonyl (C=O) groups excluding carboxylic acids is 1. The van der Waals surface area contributed by atoms with E-state index in [1.165, 1.54) is 6.92 Å². The molecule has 1 aliphatic heterocycles. The number of hydrogen-bond acceptors (Lipinski definition) is 5. The van der Waals surface area contributed by atoms with Crippen LogP contribution in [0.15, 0.2) is 0 Å². The van der Waals surface area contributed by atoms with Gasteiger partial charge in [0, 0.05) is 26.2 Å². The Labute approximate surface area is 115 Å². The lowest BCUT2D eigenvalue weighted by Gasteiger charge is -2.35. The quantitative estimate of drug-likeness (QED) is 0.751. The molecule has 1 saturated heterocycles. The standard InChI is InChI=1S/C14H26O5/c1-5-12-7-14(19-11(4)18-12)8-13(6-9(2)15)17-10(3)16/h9,11-15H,5-8H2,1-4H3. The molecule has 1 aliphatic rings. The first-order valence-corrected chi connectivity index (χ1v) is 7.06. The summed E-state index contributed by atoms with van der Waals surface area (Å²) in [5.74, 6) is -0.321. The van der Waals surface area contributed by atoms with Crippen molar-refractivity contribution in [3.8, 4) is 0 Å². The maximum Gasteiger partial charge on any atom is 0.302 e. The molecule has 5 atom stereocenters. The number of carbonyl (C=O) groups is 1. The van der Waals surface area contributed by atoms with Crippen LogP contribution in [0.2, 0.25) is 0 Å². The average Bonchev–Trinajstić information content (AvgIpc) is 2.26.